The molecule has 0 N–H and O–H groups in total. The zero-order valence-corrected chi connectivity index (χ0v) is 31.9. The van der Waals surface area contributed by atoms with Crippen LogP contribution >= 0.6 is 0 Å². The summed E-state index contributed by atoms with van der Waals surface area (Å²) >= 11 is 0. The molecule has 0 bridgehead atoms. The third-order valence-electron chi connectivity index (χ3n) is 12.4. The van der Waals surface area contributed by atoms with Crippen LogP contribution in [0.5, 0.6) is 0 Å². The molecule has 4 heterocycles. The zero-order valence-electron chi connectivity index (χ0n) is 31.9. The number of hydrogen-bond donors (Lipinski definition) is 0. The summed E-state index contributed by atoms with van der Waals surface area (Å²) < 4.78 is 7.32. The number of para-hydroxylation sites is 6. The maximum absolute atomic E-state index is 5.48. The molecule has 13 rings (SSSR count). The average molecular weight is 751 g/mol. The molecular weight excluding hydrogens is 717 g/mol. The number of rotatable bonds is 4. The van der Waals surface area contributed by atoms with E-state index in [1.807, 2.05) is 0 Å². The first-order chi connectivity index (χ1) is 29.3. The maximum atomic E-state index is 5.48. The predicted molar refractivity (Wildman–Crippen MR) is 248 cm³/mol. The van der Waals surface area contributed by atoms with Gasteiger partial charge in [-0.25, -0.2) is 4.98 Å². The van der Waals surface area contributed by atoms with E-state index >= 15 is 0 Å². The number of benzene rings is 9. The summed E-state index contributed by atoms with van der Waals surface area (Å²) in [6.45, 7) is 0. The fraction of sp³-hybridized carbons (Fsp3) is 0. The molecule has 13 aromatic rings. The highest BCUT2D eigenvalue weighted by Crippen LogP contribution is 2.44. The van der Waals surface area contributed by atoms with Crippen LogP contribution in [0.1, 0.15) is 0 Å². The minimum Gasteiger partial charge on any atom is -0.309 e. The zero-order chi connectivity index (χ0) is 38.6. The van der Waals surface area contributed by atoms with Crippen LogP contribution in [0.4, 0.5) is 0 Å². The van der Waals surface area contributed by atoms with Gasteiger partial charge in [-0.05, 0) is 66.7 Å². The maximum Gasteiger partial charge on any atom is 0.0789 e. The van der Waals surface area contributed by atoms with E-state index in [0.717, 1.165) is 44.6 Å². The number of pyridine rings is 1. The number of fused-ring (bicyclic) bond motifs is 14. The van der Waals surface area contributed by atoms with Crippen LogP contribution in [0.2, 0.25) is 0 Å². The van der Waals surface area contributed by atoms with Crippen molar-refractivity contribution in [2.45, 2.75) is 0 Å². The highest BCUT2D eigenvalue weighted by Gasteiger charge is 2.23. The Morgan fingerprint density at radius 3 is 1.44 bits per heavy atom. The monoisotopic (exact) mass is 750 g/mol. The summed E-state index contributed by atoms with van der Waals surface area (Å²) in [4.78, 5) is 5.48. The van der Waals surface area contributed by atoms with Gasteiger partial charge in [0.15, 0.2) is 0 Å². The van der Waals surface area contributed by atoms with Crippen molar-refractivity contribution in [1.82, 2.24) is 18.7 Å². The van der Waals surface area contributed by atoms with Crippen molar-refractivity contribution in [1.29, 1.82) is 0 Å². The van der Waals surface area contributed by atoms with Crippen molar-refractivity contribution in [3.05, 3.63) is 206 Å². The van der Waals surface area contributed by atoms with Gasteiger partial charge in [0.05, 0.1) is 44.3 Å². The molecule has 59 heavy (non-hydrogen) atoms. The molecule has 0 aliphatic carbocycles. The van der Waals surface area contributed by atoms with Gasteiger partial charge in [-0.3, -0.25) is 0 Å². The molecule has 0 saturated carbocycles. The highest BCUT2D eigenvalue weighted by atomic mass is 15.0. The van der Waals surface area contributed by atoms with Gasteiger partial charge in [-0.1, -0.05) is 140 Å². The first-order valence-electron chi connectivity index (χ1n) is 20.2. The van der Waals surface area contributed by atoms with Gasteiger partial charge >= 0.3 is 0 Å². The van der Waals surface area contributed by atoms with Crippen LogP contribution in [-0.2, 0) is 0 Å². The SMILES string of the molecule is c1ccc(-n2c3ccccc3c3c4c(ccc32)c(-c2cccc(-n3c5ccccc5c5ccc6c7ccccc7n(-c7ccccc7)c6c53)c2)nc2ccccc24)cc1. The third kappa shape index (κ3) is 4.51. The fourth-order valence-corrected chi connectivity index (χ4v) is 9.98. The van der Waals surface area contributed by atoms with Crippen molar-refractivity contribution in [3.63, 3.8) is 0 Å². The summed E-state index contributed by atoms with van der Waals surface area (Å²) in [6, 6.07) is 74.7. The molecule has 0 saturated heterocycles. The molecule has 4 heteroatoms. The first kappa shape index (κ1) is 32.2. The second-order valence-corrected chi connectivity index (χ2v) is 15.5. The van der Waals surface area contributed by atoms with Crippen molar-refractivity contribution in [2.24, 2.45) is 0 Å². The Hall–Kier alpha value is -7.95. The normalized spacial score (nSPS) is 12.1. The third-order valence-corrected chi connectivity index (χ3v) is 12.4. The lowest BCUT2D eigenvalue weighted by Gasteiger charge is -2.15. The second-order valence-electron chi connectivity index (χ2n) is 15.5. The van der Waals surface area contributed by atoms with Gasteiger partial charge in [-0.2, -0.15) is 0 Å². The molecule has 274 valence electrons. The summed E-state index contributed by atoms with van der Waals surface area (Å²) in [7, 11) is 0. The Morgan fingerprint density at radius 2 is 0.780 bits per heavy atom. The van der Waals surface area contributed by atoms with E-state index in [0.29, 0.717) is 0 Å². The Labute approximate surface area is 339 Å². The van der Waals surface area contributed by atoms with E-state index in [4.69, 9.17) is 4.98 Å². The molecule has 0 spiro atoms. The lowest BCUT2D eigenvalue weighted by Crippen LogP contribution is -1.99. The minimum atomic E-state index is 0.975. The van der Waals surface area contributed by atoms with Gasteiger partial charge in [-0.15, -0.1) is 0 Å². The summed E-state index contributed by atoms with van der Waals surface area (Å²) in [5.41, 5.74) is 13.5. The Balaban J connectivity index is 1.13. The second kappa shape index (κ2) is 12.3. The molecule has 0 unspecified atom stereocenters. The smallest absolute Gasteiger partial charge is 0.0789 e. The molecule has 0 aliphatic rings. The van der Waals surface area contributed by atoms with E-state index in [1.54, 1.807) is 0 Å². The molecule has 0 aliphatic heterocycles. The fourth-order valence-electron chi connectivity index (χ4n) is 9.98. The van der Waals surface area contributed by atoms with E-state index in [2.05, 4.69) is 220 Å². The molecule has 0 amide bonds. The summed E-state index contributed by atoms with van der Waals surface area (Å²) in [6.07, 6.45) is 0. The van der Waals surface area contributed by atoms with Crippen LogP contribution < -0.4 is 0 Å². The predicted octanol–water partition coefficient (Wildman–Crippen LogP) is 14.3. The average Bonchev–Trinajstić information content (AvgIpc) is 3.95. The van der Waals surface area contributed by atoms with Crippen LogP contribution in [-0.4, -0.2) is 18.7 Å². The Morgan fingerprint density at radius 1 is 0.288 bits per heavy atom. The Bertz CT molecular complexity index is 3830. The van der Waals surface area contributed by atoms with Gasteiger partial charge in [0.2, 0.25) is 0 Å². The van der Waals surface area contributed by atoms with E-state index in [9.17, 15) is 0 Å². The molecule has 9 aromatic carbocycles. The van der Waals surface area contributed by atoms with E-state index in [-0.39, 0.29) is 0 Å². The van der Waals surface area contributed by atoms with Gasteiger partial charge in [0.25, 0.3) is 0 Å². The van der Waals surface area contributed by atoms with Crippen molar-refractivity contribution in [2.75, 3.05) is 0 Å². The van der Waals surface area contributed by atoms with Gasteiger partial charge < -0.3 is 13.7 Å². The largest absolute Gasteiger partial charge is 0.309 e. The molecule has 0 fully saturated rings. The first-order valence-corrected chi connectivity index (χ1v) is 20.2. The molecule has 0 atom stereocenters. The Kier molecular flexibility index (Phi) is 6.69. The van der Waals surface area contributed by atoms with Crippen LogP contribution in [0, 0.1) is 0 Å². The van der Waals surface area contributed by atoms with Gasteiger partial charge in [0, 0.05) is 71.1 Å². The van der Waals surface area contributed by atoms with E-state index < -0.39 is 0 Å². The van der Waals surface area contributed by atoms with Crippen LogP contribution in [0.3, 0.4) is 0 Å². The topological polar surface area (TPSA) is 27.7 Å². The molecule has 4 aromatic heterocycles. The minimum absolute atomic E-state index is 0.975. The standard InChI is InChI=1S/C55H34N4/c1-3-17-36(18-4-1)57-49-29-14-10-25-44(49)52-50(57)33-32-45-51(52)43-24-7-11-26-46(43)56-53(45)35-16-15-21-38(34-35)59-48-28-13-9-23-40(48)42-31-30-41-39-22-8-12-27-47(39)58(54(41)55(42)59)37-19-5-2-6-20-37/h1-34H. The highest BCUT2D eigenvalue weighted by molar-refractivity contribution is 6.30. The quantitative estimate of drug-likeness (QED) is 0.165. The van der Waals surface area contributed by atoms with Crippen LogP contribution in [0.25, 0.3) is 115 Å². The lowest BCUT2D eigenvalue weighted by atomic mass is 9.96. The summed E-state index contributed by atoms with van der Waals surface area (Å²) in [5, 5.41) is 10.9. The molecule has 0 radical (unpaired) electrons. The molecule has 4 nitrogen and oxygen atoms in total. The van der Waals surface area contributed by atoms with Crippen molar-refractivity contribution in [3.8, 4) is 28.3 Å². The van der Waals surface area contributed by atoms with Crippen molar-refractivity contribution >= 4 is 87.1 Å². The lowest BCUT2D eigenvalue weighted by molar-refractivity contribution is 1.15. The number of hydrogen-bond acceptors (Lipinski definition) is 1. The van der Waals surface area contributed by atoms with Gasteiger partial charge in [0.1, 0.15) is 0 Å². The summed E-state index contributed by atoms with van der Waals surface area (Å²) in [5.74, 6) is 0. The van der Waals surface area contributed by atoms with E-state index in [1.165, 1.54) is 70.8 Å². The van der Waals surface area contributed by atoms with Crippen LogP contribution in [0.15, 0.2) is 206 Å². The number of nitrogens with zero attached hydrogens (tertiary/aromatic N) is 4. The van der Waals surface area contributed by atoms with Crippen molar-refractivity contribution < 1.29 is 0 Å². The number of aromatic nitrogens is 4. The molecular formula is C55H34N4.